The minimum Gasteiger partial charge on any atom is -0.366 e. The van der Waals surface area contributed by atoms with E-state index in [0.29, 0.717) is 12.1 Å². The first-order valence-electron chi connectivity index (χ1n) is 8.77. The lowest BCUT2D eigenvalue weighted by Crippen LogP contribution is -2.68. The molecular formula is C17H20ClN5OS. The molecule has 0 spiro atoms. The molecule has 1 saturated carbocycles. The zero-order chi connectivity index (χ0) is 17.1. The summed E-state index contributed by atoms with van der Waals surface area (Å²) < 4.78 is 1.28. The molecule has 25 heavy (non-hydrogen) atoms. The molecule has 1 aliphatic carbocycles. The van der Waals surface area contributed by atoms with Gasteiger partial charge in [-0.3, -0.25) is 9.69 Å². The molecule has 4 aliphatic rings. The number of piperazine rings is 1. The van der Waals surface area contributed by atoms with Crippen LogP contribution >= 0.6 is 22.9 Å². The summed E-state index contributed by atoms with van der Waals surface area (Å²) in [5.74, 6) is 0.737. The molecule has 0 aromatic carbocycles. The number of anilines is 1. The molecule has 6 nitrogen and oxygen atoms in total. The highest BCUT2D eigenvalue weighted by atomic mass is 35.5. The third-order valence-electron chi connectivity index (χ3n) is 5.59. The molecule has 0 radical (unpaired) electrons. The van der Waals surface area contributed by atoms with Crippen molar-refractivity contribution in [2.75, 3.05) is 18.0 Å². The number of thiazole rings is 1. The maximum atomic E-state index is 12.0. The summed E-state index contributed by atoms with van der Waals surface area (Å²) in [5, 5.41) is 7.94. The van der Waals surface area contributed by atoms with E-state index in [4.69, 9.17) is 16.6 Å². The lowest BCUT2D eigenvalue weighted by molar-refractivity contribution is -0.00935. The van der Waals surface area contributed by atoms with E-state index in [1.54, 1.807) is 13.2 Å². The van der Waals surface area contributed by atoms with Gasteiger partial charge in [0.05, 0.1) is 22.6 Å². The van der Waals surface area contributed by atoms with Gasteiger partial charge in [0.25, 0.3) is 5.56 Å². The van der Waals surface area contributed by atoms with E-state index < -0.39 is 0 Å². The minimum atomic E-state index is -0.231. The van der Waals surface area contributed by atoms with Gasteiger partial charge in [-0.2, -0.15) is 5.10 Å². The fourth-order valence-corrected chi connectivity index (χ4v) is 5.24. The second-order valence-corrected chi connectivity index (χ2v) is 8.61. The highest BCUT2D eigenvalue weighted by molar-refractivity contribution is 7.09. The monoisotopic (exact) mass is 377 g/mol. The predicted octanol–water partition coefficient (Wildman–Crippen LogP) is 2.23. The van der Waals surface area contributed by atoms with Crippen LogP contribution in [0.3, 0.4) is 0 Å². The van der Waals surface area contributed by atoms with Crippen LogP contribution < -0.4 is 10.5 Å². The lowest BCUT2D eigenvalue weighted by Gasteiger charge is -2.56. The number of hydrogen-bond donors (Lipinski definition) is 0. The van der Waals surface area contributed by atoms with Gasteiger partial charge >= 0.3 is 0 Å². The first-order chi connectivity index (χ1) is 12.1. The molecule has 0 amide bonds. The maximum Gasteiger partial charge on any atom is 0.287 e. The number of hydrogen-bond acceptors (Lipinski definition) is 6. The maximum absolute atomic E-state index is 12.0. The van der Waals surface area contributed by atoms with E-state index in [9.17, 15) is 4.79 Å². The average molecular weight is 378 g/mol. The second-order valence-electron chi connectivity index (χ2n) is 7.34. The summed E-state index contributed by atoms with van der Waals surface area (Å²) in [4.78, 5) is 21.6. The summed E-state index contributed by atoms with van der Waals surface area (Å²) in [6, 6.07) is 1.01. The Balaban J connectivity index is 1.29. The van der Waals surface area contributed by atoms with Crippen LogP contribution in [0.1, 0.15) is 35.9 Å². The molecule has 6 rings (SSSR count). The molecule has 3 saturated heterocycles. The normalized spacial score (nSPS) is 25.9. The van der Waals surface area contributed by atoms with E-state index in [-0.39, 0.29) is 10.6 Å². The van der Waals surface area contributed by atoms with E-state index in [2.05, 4.69) is 20.3 Å². The molecule has 0 N–H and O–H groups in total. The van der Waals surface area contributed by atoms with Crippen LogP contribution in [-0.4, -0.2) is 44.8 Å². The van der Waals surface area contributed by atoms with Crippen LogP contribution in [0.5, 0.6) is 0 Å². The molecular weight excluding hydrogens is 358 g/mol. The van der Waals surface area contributed by atoms with Crippen molar-refractivity contribution < 1.29 is 0 Å². The second kappa shape index (κ2) is 5.79. The number of aryl methyl sites for hydroxylation is 1. The van der Waals surface area contributed by atoms with Crippen molar-refractivity contribution in [2.24, 2.45) is 7.05 Å². The van der Waals surface area contributed by atoms with Crippen LogP contribution in [0.4, 0.5) is 5.69 Å². The molecule has 2 unspecified atom stereocenters. The zero-order valence-corrected chi connectivity index (χ0v) is 15.6. The van der Waals surface area contributed by atoms with E-state index in [1.165, 1.54) is 34.6 Å². The van der Waals surface area contributed by atoms with Crippen LogP contribution in [-0.2, 0) is 13.6 Å². The van der Waals surface area contributed by atoms with Crippen molar-refractivity contribution >= 4 is 28.6 Å². The molecule has 2 atom stereocenters. The summed E-state index contributed by atoms with van der Waals surface area (Å²) in [7, 11) is 1.62. The fourth-order valence-electron chi connectivity index (χ4n) is 3.96. The van der Waals surface area contributed by atoms with Crippen LogP contribution in [0.2, 0.25) is 5.02 Å². The number of aromatic nitrogens is 3. The molecule has 3 aliphatic heterocycles. The largest absolute Gasteiger partial charge is 0.366 e. The smallest absolute Gasteiger partial charge is 0.287 e. The van der Waals surface area contributed by atoms with Gasteiger partial charge < -0.3 is 4.90 Å². The highest BCUT2D eigenvalue weighted by Gasteiger charge is 2.45. The first-order valence-corrected chi connectivity index (χ1v) is 10.0. The topological polar surface area (TPSA) is 54.3 Å². The Morgan fingerprint density at radius 1 is 1.32 bits per heavy atom. The van der Waals surface area contributed by atoms with Crippen molar-refractivity contribution in [3.63, 3.8) is 0 Å². The highest BCUT2D eigenvalue weighted by Crippen LogP contribution is 2.42. The van der Waals surface area contributed by atoms with Gasteiger partial charge in [-0.05, 0) is 19.3 Å². The molecule has 2 aromatic heterocycles. The number of piperidine rings is 1. The van der Waals surface area contributed by atoms with Crippen molar-refractivity contribution in [3.05, 3.63) is 37.7 Å². The molecule has 5 heterocycles. The Bertz CT molecular complexity index is 864. The van der Waals surface area contributed by atoms with Gasteiger partial charge in [-0.15, -0.1) is 11.3 Å². The summed E-state index contributed by atoms with van der Waals surface area (Å²) in [5.41, 5.74) is 1.75. The number of fused-ring (bicyclic) bond motifs is 2. The van der Waals surface area contributed by atoms with Crippen molar-refractivity contribution in [1.29, 1.82) is 0 Å². The van der Waals surface area contributed by atoms with Gasteiger partial charge in [0, 0.05) is 50.1 Å². The van der Waals surface area contributed by atoms with Crippen LogP contribution in [0, 0.1) is 0 Å². The van der Waals surface area contributed by atoms with E-state index in [0.717, 1.165) is 31.2 Å². The third-order valence-corrected chi connectivity index (χ3v) is 7.00. The fraction of sp³-hybridized carbons (Fsp3) is 0.588. The van der Waals surface area contributed by atoms with Gasteiger partial charge in [-0.25, -0.2) is 9.67 Å². The number of halogens is 1. The van der Waals surface area contributed by atoms with Gasteiger partial charge in [0.1, 0.15) is 5.02 Å². The quantitative estimate of drug-likeness (QED) is 0.817. The van der Waals surface area contributed by atoms with Gasteiger partial charge in [0.2, 0.25) is 0 Å². The summed E-state index contributed by atoms with van der Waals surface area (Å²) in [6.45, 7) is 2.73. The van der Waals surface area contributed by atoms with E-state index in [1.807, 2.05) is 11.3 Å². The standard InChI is InChI=1S/C17H20ClN5OS/c1-21-17(24)15(18)14(5-19-21)22-7-12-4-13(8-22)23(12)6-11-9-25-16(20-11)10-2-3-10/h5,9-10,12-13H,2-4,6-8H2,1H3. The third kappa shape index (κ3) is 2.69. The van der Waals surface area contributed by atoms with Gasteiger partial charge in [0.15, 0.2) is 0 Å². The summed E-state index contributed by atoms with van der Waals surface area (Å²) in [6.07, 6.45) is 5.54. The van der Waals surface area contributed by atoms with E-state index >= 15 is 0 Å². The molecule has 4 fully saturated rings. The summed E-state index contributed by atoms with van der Waals surface area (Å²) >= 11 is 8.08. The van der Waals surface area contributed by atoms with Crippen molar-refractivity contribution in [1.82, 2.24) is 19.7 Å². The molecule has 2 aromatic rings. The van der Waals surface area contributed by atoms with Gasteiger partial charge in [-0.1, -0.05) is 11.6 Å². The molecule has 132 valence electrons. The Kier molecular flexibility index (Phi) is 3.66. The number of rotatable bonds is 4. The Morgan fingerprint density at radius 2 is 2.08 bits per heavy atom. The lowest BCUT2D eigenvalue weighted by atomic mass is 9.87. The van der Waals surface area contributed by atoms with Crippen molar-refractivity contribution in [2.45, 2.75) is 43.8 Å². The SMILES string of the molecule is Cn1ncc(N2CC3CC(C2)N3Cc2csc(C3CC3)n2)c(Cl)c1=O. The van der Waals surface area contributed by atoms with Crippen molar-refractivity contribution in [3.8, 4) is 0 Å². The van der Waals surface area contributed by atoms with Crippen LogP contribution in [0.15, 0.2) is 16.4 Å². The Hall–Kier alpha value is -1.44. The minimum absolute atomic E-state index is 0.231. The Morgan fingerprint density at radius 3 is 2.80 bits per heavy atom. The predicted molar refractivity (Wildman–Crippen MR) is 98.5 cm³/mol. The number of nitrogens with zero attached hydrogens (tertiary/aromatic N) is 5. The first kappa shape index (κ1) is 15.8. The average Bonchev–Trinajstić information content (AvgIpc) is 3.36. The Labute approximate surface area is 155 Å². The molecule has 2 bridgehead atoms. The zero-order valence-electron chi connectivity index (χ0n) is 14.1. The molecule has 8 heteroatoms. The van der Waals surface area contributed by atoms with Crippen LogP contribution in [0.25, 0.3) is 0 Å².